The zero-order chi connectivity index (χ0) is 20.4. The highest BCUT2D eigenvalue weighted by Gasteiger charge is 2.20. The second-order valence-electron chi connectivity index (χ2n) is 6.90. The molecule has 2 aromatic heterocycles. The minimum absolute atomic E-state index is 0.257. The second-order valence-corrected chi connectivity index (χ2v) is 6.90. The molecule has 0 aliphatic heterocycles. The fourth-order valence-electron chi connectivity index (χ4n) is 3.32. The van der Waals surface area contributed by atoms with E-state index < -0.39 is 0 Å². The number of carbonyl (C=O) groups excluding carboxylic acids is 1. The number of hydrogen-bond donors (Lipinski definition) is 1. The van der Waals surface area contributed by atoms with Crippen LogP contribution in [0.15, 0.2) is 71.9 Å². The predicted octanol–water partition coefficient (Wildman–Crippen LogP) is 3.15. The molecule has 7 nitrogen and oxygen atoms in total. The number of fused-ring (bicyclic) bond motifs is 1. The summed E-state index contributed by atoms with van der Waals surface area (Å²) in [5, 5.41) is 4.64. The topological polar surface area (TPSA) is 81.8 Å². The van der Waals surface area contributed by atoms with Crippen LogP contribution in [0, 0.1) is 6.92 Å². The third-order valence-electron chi connectivity index (χ3n) is 4.92. The normalized spacial score (nSPS) is 12.1. The lowest BCUT2D eigenvalue weighted by atomic mass is 9.96. The van der Waals surface area contributed by atoms with E-state index in [0.717, 1.165) is 21.5 Å². The van der Waals surface area contributed by atoms with Crippen LogP contribution in [0.25, 0.3) is 16.7 Å². The number of hydrogen-bond acceptors (Lipinski definition) is 4. The highest BCUT2D eigenvalue weighted by molar-refractivity contribution is 5.90. The third-order valence-corrected chi connectivity index (χ3v) is 4.92. The Hall–Kier alpha value is -3.74. The predicted molar refractivity (Wildman–Crippen MR) is 112 cm³/mol. The van der Waals surface area contributed by atoms with Crippen molar-refractivity contribution in [3.8, 4) is 5.69 Å². The van der Waals surface area contributed by atoms with Crippen molar-refractivity contribution < 1.29 is 4.79 Å². The van der Waals surface area contributed by atoms with Gasteiger partial charge in [0.1, 0.15) is 11.7 Å². The minimum Gasteiger partial charge on any atom is -0.273 e. The summed E-state index contributed by atoms with van der Waals surface area (Å²) in [4.78, 5) is 30.0. The van der Waals surface area contributed by atoms with Gasteiger partial charge in [0.25, 0.3) is 5.56 Å². The number of aryl methyl sites for hydroxylation is 1. The van der Waals surface area contributed by atoms with E-state index in [1.807, 2.05) is 68.4 Å². The van der Waals surface area contributed by atoms with Crippen molar-refractivity contribution in [2.75, 3.05) is 5.43 Å². The van der Waals surface area contributed by atoms with Gasteiger partial charge in [0, 0.05) is 0 Å². The summed E-state index contributed by atoms with van der Waals surface area (Å²) in [6.07, 6.45) is 3.42. The SMILES string of the molecule is CCC(C(=O)Nn1cnc2c(cnn2-c2ccc(C)cc2)c1=O)c1ccccc1. The number of aromatic nitrogens is 4. The van der Waals surface area contributed by atoms with E-state index in [9.17, 15) is 9.59 Å². The van der Waals surface area contributed by atoms with E-state index in [-0.39, 0.29) is 17.4 Å². The lowest BCUT2D eigenvalue weighted by Gasteiger charge is -2.16. The van der Waals surface area contributed by atoms with Crippen LogP contribution in [-0.2, 0) is 4.79 Å². The molecule has 0 radical (unpaired) electrons. The summed E-state index contributed by atoms with van der Waals surface area (Å²) < 4.78 is 2.73. The van der Waals surface area contributed by atoms with Crippen LogP contribution in [0.4, 0.5) is 0 Å². The number of rotatable bonds is 5. The molecule has 0 fully saturated rings. The molecule has 7 heteroatoms. The molecule has 0 bridgehead atoms. The summed E-state index contributed by atoms with van der Waals surface area (Å²) in [5.41, 5.74) is 5.60. The summed E-state index contributed by atoms with van der Waals surface area (Å²) in [7, 11) is 0. The molecule has 0 aliphatic rings. The van der Waals surface area contributed by atoms with E-state index >= 15 is 0 Å². The van der Waals surface area contributed by atoms with Crippen molar-refractivity contribution >= 4 is 16.9 Å². The van der Waals surface area contributed by atoms with E-state index in [1.165, 1.54) is 12.5 Å². The van der Waals surface area contributed by atoms with Gasteiger partial charge >= 0.3 is 0 Å². The molecule has 1 unspecified atom stereocenters. The van der Waals surface area contributed by atoms with Crippen molar-refractivity contribution in [3.63, 3.8) is 0 Å². The molecule has 1 atom stereocenters. The Balaban J connectivity index is 1.65. The standard InChI is InChI=1S/C22H21N5O2/c1-3-18(16-7-5-4-6-8-16)21(28)25-26-14-23-20-19(22(26)29)13-24-27(20)17-11-9-15(2)10-12-17/h4-14,18H,3H2,1-2H3,(H,25,28). The molecule has 29 heavy (non-hydrogen) atoms. The third kappa shape index (κ3) is 3.54. The quantitative estimate of drug-likeness (QED) is 0.570. The average Bonchev–Trinajstić information content (AvgIpc) is 3.17. The smallest absolute Gasteiger partial charge is 0.273 e. The summed E-state index contributed by atoms with van der Waals surface area (Å²) >= 11 is 0. The Bertz CT molecular complexity index is 1210. The molecule has 0 spiro atoms. The van der Waals surface area contributed by atoms with Crippen LogP contribution in [0.1, 0.15) is 30.4 Å². The average molecular weight is 387 g/mol. The second kappa shape index (κ2) is 7.71. The molecule has 0 saturated carbocycles. The Morgan fingerprint density at radius 2 is 1.83 bits per heavy atom. The van der Waals surface area contributed by atoms with E-state index in [1.54, 1.807) is 4.68 Å². The molecule has 0 saturated heterocycles. The van der Waals surface area contributed by atoms with E-state index in [2.05, 4.69) is 15.5 Å². The number of nitrogens with one attached hydrogen (secondary N) is 1. The van der Waals surface area contributed by atoms with Gasteiger partial charge in [-0.1, -0.05) is 55.0 Å². The van der Waals surface area contributed by atoms with Gasteiger partial charge < -0.3 is 0 Å². The van der Waals surface area contributed by atoms with E-state index in [0.29, 0.717) is 17.5 Å². The number of amides is 1. The maximum Gasteiger partial charge on any atom is 0.283 e. The monoisotopic (exact) mass is 387 g/mol. The highest BCUT2D eigenvalue weighted by atomic mass is 16.2. The molecule has 0 aliphatic carbocycles. The van der Waals surface area contributed by atoms with Gasteiger partial charge in [0.05, 0.1) is 17.8 Å². The highest BCUT2D eigenvalue weighted by Crippen LogP contribution is 2.19. The molecular formula is C22H21N5O2. The Kier molecular flexibility index (Phi) is 4.95. The lowest BCUT2D eigenvalue weighted by Crippen LogP contribution is -2.35. The van der Waals surface area contributed by atoms with Crippen molar-refractivity contribution in [1.29, 1.82) is 0 Å². The molecular weight excluding hydrogens is 366 g/mol. The lowest BCUT2D eigenvalue weighted by molar-refractivity contribution is -0.118. The zero-order valence-corrected chi connectivity index (χ0v) is 16.2. The molecule has 1 N–H and O–H groups in total. The van der Waals surface area contributed by atoms with Crippen molar-refractivity contribution in [3.05, 3.63) is 88.6 Å². The summed E-state index contributed by atoms with van der Waals surface area (Å²) in [5.74, 6) is -0.609. The van der Waals surface area contributed by atoms with Crippen molar-refractivity contribution in [2.45, 2.75) is 26.2 Å². The first kappa shape index (κ1) is 18.6. The van der Waals surface area contributed by atoms with Crippen LogP contribution >= 0.6 is 0 Å². The number of benzene rings is 2. The Morgan fingerprint density at radius 3 is 2.52 bits per heavy atom. The summed E-state index contributed by atoms with van der Waals surface area (Å²) in [6.45, 7) is 3.94. The number of nitrogens with zero attached hydrogens (tertiary/aromatic N) is 4. The van der Waals surface area contributed by atoms with Gasteiger partial charge in [-0.15, -0.1) is 0 Å². The van der Waals surface area contributed by atoms with Crippen LogP contribution in [0.2, 0.25) is 0 Å². The molecule has 146 valence electrons. The van der Waals surface area contributed by atoms with Gasteiger partial charge in [-0.05, 0) is 31.0 Å². The first-order valence-corrected chi connectivity index (χ1v) is 9.46. The maximum absolute atomic E-state index is 12.9. The first-order valence-electron chi connectivity index (χ1n) is 9.46. The zero-order valence-electron chi connectivity index (χ0n) is 16.2. The van der Waals surface area contributed by atoms with Crippen LogP contribution in [0.5, 0.6) is 0 Å². The van der Waals surface area contributed by atoms with Crippen LogP contribution in [-0.4, -0.2) is 25.3 Å². The Labute approximate surface area is 167 Å². The fourth-order valence-corrected chi connectivity index (χ4v) is 3.32. The molecule has 4 aromatic rings. The van der Waals surface area contributed by atoms with Crippen LogP contribution < -0.4 is 11.0 Å². The van der Waals surface area contributed by atoms with Gasteiger partial charge in [-0.2, -0.15) is 5.10 Å². The maximum atomic E-state index is 12.9. The molecule has 1 amide bonds. The van der Waals surface area contributed by atoms with Crippen molar-refractivity contribution in [2.24, 2.45) is 0 Å². The van der Waals surface area contributed by atoms with Crippen LogP contribution in [0.3, 0.4) is 0 Å². The summed E-state index contributed by atoms with van der Waals surface area (Å²) in [6, 6.07) is 17.3. The first-order chi connectivity index (χ1) is 14.1. The van der Waals surface area contributed by atoms with E-state index in [4.69, 9.17) is 0 Å². The Morgan fingerprint density at radius 1 is 1.10 bits per heavy atom. The molecule has 4 rings (SSSR count). The number of carbonyl (C=O) groups is 1. The fraction of sp³-hybridized carbons (Fsp3) is 0.182. The molecule has 2 aromatic carbocycles. The van der Waals surface area contributed by atoms with Gasteiger partial charge in [0.2, 0.25) is 5.91 Å². The van der Waals surface area contributed by atoms with Gasteiger partial charge in [-0.3, -0.25) is 15.0 Å². The largest absolute Gasteiger partial charge is 0.283 e. The molecule has 2 heterocycles. The van der Waals surface area contributed by atoms with Gasteiger partial charge in [0.15, 0.2) is 5.65 Å². The van der Waals surface area contributed by atoms with Crippen molar-refractivity contribution in [1.82, 2.24) is 19.4 Å². The minimum atomic E-state index is -0.371. The van der Waals surface area contributed by atoms with Gasteiger partial charge in [-0.25, -0.2) is 14.3 Å².